The predicted octanol–water partition coefficient (Wildman–Crippen LogP) is 2.59. The summed E-state index contributed by atoms with van der Waals surface area (Å²) < 4.78 is 21.0. The molecule has 0 aliphatic carbocycles. The van der Waals surface area contributed by atoms with Gasteiger partial charge < -0.3 is 14.6 Å². The molecule has 21 heavy (non-hydrogen) atoms. The Labute approximate surface area is 124 Å². The van der Waals surface area contributed by atoms with E-state index >= 15 is 0 Å². The Morgan fingerprint density at radius 2 is 2.24 bits per heavy atom. The first kappa shape index (κ1) is 15.4. The van der Waals surface area contributed by atoms with Gasteiger partial charge in [0.1, 0.15) is 24.5 Å². The van der Waals surface area contributed by atoms with Gasteiger partial charge in [0, 0.05) is 24.7 Å². The average molecular weight is 292 g/mol. The summed E-state index contributed by atoms with van der Waals surface area (Å²) >= 11 is 0. The largest absolute Gasteiger partial charge is 0.485 e. The van der Waals surface area contributed by atoms with Crippen LogP contribution in [0, 0.1) is 5.82 Å². The lowest BCUT2D eigenvalue weighted by Gasteiger charge is -2.18. The summed E-state index contributed by atoms with van der Waals surface area (Å²) in [6, 6.07) is 4.72. The molecule has 0 saturated carbocycles. The number of rotatable bonds is 7. The number of nitrogens with zero attached hydrogens (tertiary/aromatic N) is 3. The summed E-state index contributed by atoms with van der Waals surface area (Å²) in [6.45, 7) is 5.31. The first-order chi connectivity index (χ1) is 10.1. The summed E-state index contributed by atoms with van der Waals surface area (Å²) in [5.41, 5.74) is 0.937. The van der Waals surface area contributed by atoms with Crippen LogP contribution >= 0.6 is 0 Å². The lowest BCUT2D eigenvalue weighted by atomic mass is 10.1. The Balaban J connectivity index is 2.13. The molecular weight excluding hydrogens is 271 g/mol. The molecule has 0 radical (unpaired) electrons. The number of hydrogen-bond acceptors (Lipinski definition) is 4. The highest BCUT2D eigenvalue weighted by Crippen LogP contribution is 2.26. The van der Waals surface area contributed by atoms with Gasteiger partial charge in [-0.05, 0) is 26.0 Å². The summed E-state index contributed by atoms with van der Waals surface area (Å²) in [4.78, 5) is 0. The van der Waals surface area contributed by atoms with E-state index in [0.29, 0.717) is 11.6 Å². The fourth-order valence-electron chi connectivity index (χ4n) is 2.04. The molecule has 2 aromatic rings. The molecule has 1 heterocycles. The van der Waals surface area contributed by atoms with Gasteiger partial charge >= 0.3 is 0 Å². The van der Waals surface area contributed by atoms with Crippen molar-refractivity contribution in [2.45, 2.75) is 32.9 Å². The van der Waals surface area contributed by atoms with Crippen LogP contribution in [-0.4, -0.2) is 21.3 Å². The van der Waals surface area contributed by atoms with Crippen LogP contribution in [0.4, 0.5) is 4.39 Å². The van der Waals surface area contributed by atoms with E-state index in [-0.39, 0.29) is 18.5 Å². The molecule has 1 unspecified atom stereocenters. The third-order valence-corrected chi connectivity index (χ3v) is 3.30. The highest BCUT2D eigenvalue weighted by atomic mass is 19.1. The van der Waals surface area contributed by atoms with Gasteiger partial charge in [-0.2, -0.15) is 0 Å². The van der Waals surface area contributed by atoms with Crippen LogP contribution in [0.2, 0.25) is 0 Å². The molecule has 1 aromatic heterocycles. The number of nitrogens with one attached hydrogen (secondary N) is 1. The minimum absolute atomic E-state index is 0.0973. The van der Waals surface area contributed by atoms with Crippen LogP contribution in [-0.2, 0) is 13.7 Å². The maximum Gasteiger partial charge on any atom is 0.170 e. The number of aryl methyl sites for hydroxylation is 1. The molecule has 5 nitrogen and oxygen atoms in total. The van der Waals surface area contributed by atoms with Gasteiger partial charge in [-0.25, -0.2) is 4.39 Å². The molecule has 0 saturated heterocycles. The first-order valence-electron chi connectivity index (χ1n) is 7.10. The zero-order valence-corrected chi connectivity index (χ0v) is 12.6. The molecule has 114 valence electrons. The Morgan fingerprint density at radius 1 is 1.43 bits per heavy atom. The van der Waals surface area contributed by atoms with Crippen LogP contribution in [0.15, 0.2) is 24.5 Å². The number of aromatic nitrogens is 3. The van der Waals surface area contributed by atoms with Crippen molar-refractivity contribution in [3.63, 3.8) is 0 Å². The number of ether oxygens (including phenoxy) is 1. The third kappa shape index (κ3) is 4.01. The van der Waals surface area contributed by atoms with Crippen LogP contribution in [0.25, 0.3) is 0 Å². The van der Waals surface area contributed by atoms with Gasteiger partial charge in [0.05, 0.1) is 0 Å². The second kappa shape index (κ2) is 7.17. The number of halogens is 1. The molecule has 1 atom stereocenters. The lowest BCUT2D eigenvalue weighted by molar-refractivity contribution is 0.284. The Morgan fingerprint density at radius 3 is 2.90 bits per heavy atom. The molecule has 0 spiro atoms. The number of hydrogen-bond donors (Lipinski definition) is 1. The Bertz CT molecular complexity index is 585. The van der Waals surface area contributed by atoms with Gasteiger partial charge in [-0.3, -0.25) is 0 Å². The van der Waals surface area contributed by atoms with E-state index in [4.69, 9.17) is 4.74 Å². The van der Waals surface area contributed by atoms with Gasteiger partial charge in [0.15, 0.2) is 5.82 Å². The lowest BCUT2D eigenvalue weighted by Crippen LogP contribution is -2.20. The highest BCUT2D eigenvalue weighted by molar-refractivity contribution is 5.36. The van der Waals surface area contributed by atoms with Crippen LogP contribution < -0.4 is 10.1 Å². The fourth-order valence-corrected chi connectivity index (χ4v) is 2.04. The number of benzene rings is 1. The summed E-state index contributed by atoms with van der Waals surface area (Å²) in [7, 11) is 1.84. The van der Waals surface area contributed by atoms with Crippen molar-refractivity contribution in [3.8, 4) is 5.75 Å². The van der Waals surface area contributed by atoms with Crippen LogP contribution in [0.3, 0.4) is 0 Å². The van der Waals surface area contributed by atoms with Crippen LogP contribution in [0.5, 0.6) is 5.75 Å². The summed E-state index contributed by atoms with van der Waals surface area (Å²) in [6.07, 6.45) is 2.65. The molecular formula is C15H21FN4O. The standard InChI is InChI=1S/C15H21FN4O/c1-4-7-17-11(2)13-6-5-12(16)8-14(13)21-9-15-19-18-10-20(15)3/h5-6,8,10-11,17H,4,7,9H2,1-3H3. The summed E-state index contributed by atoms with van der Waals surface area (Å²) in [5, 5.41) is 11.1. The molecule has 0 aliphatic rings. The topological polar surface area (TPSA) is 52.0 Å². The molecule has 0 fully saturated rings. The van der Waals surface area contributed by atoms with E-state index in [2.05, 4.69) is 22.4 Å². The van der Waals surface area contributed by atoms with Crippen LogP contribution in [0.1, 0.15) is 37.7 Å². The molecule has 2 rings (SSSR count). The van der Waals surface area contributed by atoms with Crippen molar-refractivity contribution in [2.24, 2.45) is 7.05 Å². The van der Waals surface area contributed by atoms with Crippen molar-refractivity contribution < 1.29 is 9.13 Å². The molecule has 0 amide bonds. The van der Waals surface area contributed by atoms with Gasteiger partial charge in [0.2, 0.25) is 0 Å². The molecule has 1 N–H and O–H groups in total. The van der Waals surface area contributed by atoms with Gasteiger partial charge in [-0.15, -0.1) is 10.2 Å². The van der Waals surface area contributed by atoms with E-state index in [0.717, 1.165) is 18.5 Å². The Kier molecular flexibility index (Phi) is 5.27. The van der Waals surface area contributed by atoms with Gasteiger partial charge in [-0.1, -0.05) is 13.0 Å². The fraction of sp³-hybridized carbons (Fsp3) is 0.467. The average Bonchev–Trinajstić information content (AvgIpc) is 2.88. The van der Waals surface area contributed by atoms with E-state index in [1.165, 1.54) is 12.1 Å². The third-order valence-electron chi connectivity index (χ3n) is 3.30. The van der Waals surface area contributed by atoms with E-state index in [1.54, 1.807) is 17.0 Å². The smallest absolute Gasteiger partial charge is 0.170 e. The van der Waals surface area contributed by atoms with Crippen molar-refractivity contribution in [3.05, 3.63) is 41.7 Å². The zero-order chi connectivity index (χ0) is 15.2. The quantitative estimate of drug-likeness (QED) is 0.852. The normalized spacial score (nSPS) is 12.4. The van der Waals surface area contributed by atoms with E-state index in [1.807, 2.05) is 14.0 Å². The molecule has 0 aliphatic heterocycles. The maximum absolute atomic E-state index is 13.5. The monoisotopic (exact) mass is 292 g/mol. The second-order valence-corrected chi connectivity index (χ2v) is 5.00. The maximum atomic E-state index is 13.5. The highest BCUT2D eigenvalue weighted by Gasteiger charge is 2.13. The first-order valence-corrected chi connectivity index (χ1v) is 7.10. The second-order valence-electron chi connectivity index (χ2n) is 5.00. The minimum atomic E-state index is -0.311. The molecule has 6 heteroatoms. The van der Waals surface area contributed by atoms with Crippen molar-refractivity contribution in [1.82, 2.24) is 20.1 Å². The minimum Gasteiger partial charge on any atom is -0.485 e. The van der Waals surface area contributed by atoms with E-state index < -0.39 is 0 Å². The zero-order valence-electron chi connectivity index (χ0n) is 12.6. The Hall–Kier alpha value is -1.95. The molecule has 1 aromatic carbocycles. The predicted molar refractivity (Wildman–Crippen MR) is 78.4 cm³/mol. The SMILES string of the molecule is CCCNC(C)c1ccc(F)cc1OCc1nncn1C. The van der Waals surface area contributed by atoms with Crippen molar-refractivity contribution >= 4 is 0 Å². The van der Waals surface area contributed by atoms with Crippen molar-refractivity contribution in [1.29, 1.82) is 0 Å². The molecule has 0 bridgehead atoms. The van der Waals surface area contributed by atoms with Crippen molar-refractivity contribution in [2.75, 3.05) is 6.54 Å². The van der Waals surface area contributed by atoms with Gasteiger partial charge in [0.25, 0.3) is 0 Å². The van der Waals surface area contributed by atoms with E-state index in [9.17, 15) is 4.39 Å². The summed E-state index contributed by atoms with van der Waals surface area (Å²) in [5.74, 6) is 0.919.